The van der Waals surface area contributed by atoms with Gasteiger partial charge in [-0.25, -0.2) is 4.79 Å². The van der Waals surface area contributed by atoms with Gasteiger partial charge in [-0.1, -0.05) is 23.3 Å². The van der Waals surface area contributed by atoms with E-state index in [1.54, 1.807) is 13.8 Å². The molecule has 21 heavy (non-hydrogen) atoms. The van der Waals surface area contributed by atoms with Crippen LogP contribution in [0, 0.1) is 0 Å². The Labute approximate surface area is 127 Å². The highest BCUT2D eigenvalue weighted by Gasteiger charge is 2.15. The van der Waals surface area contributed by atoms with Gasteiger partial charge in [-0.3, -0.25) is 4.79 Å². The van der Waals surface area contributed by atoms with E-state index in [4.69, 9.17) is 13.9 Å². The minimum absolute atomic E-state index is 0.123. The van der Waals surface area contributed by atoms with Gasteiger partial charge in [0.2, 0.25) is 0 Å². The second kappa shape index (κ2) is 10.2. The fourth-order valence-electron chi connectivity index (χ4n) is 1.48. The number of rotatable bonds is 10. The molecule has 1 aromatic heterocycles. The first-order chi connectivity index (χ1) is 10.2. The summed E-state index contributed by atoms with van der Waals surface area (Å²) in [6.07, 6.45) is 3.09. The molecule has 0 aliphatic heterocycles. The molecule has 0 aliphatic rings. The highest BCUT2D eigenvalue weighted by atomic mass is 32.2. The van der Waals surface area contributed by atoms with Crippen LogP contribution < -0.4 is 0 Å². The number of carbonyl (C=O) groups is 2. The van der Waals surface area contributed by atoms with Gasteiger partial charge in [0.05, 0.1) is 13.2 Å². The van der Waals surface area contributed by atoms with Crippen LogP contribution in [0.3, 0.4) is 0 Å². The van der Waals surface area contributed by atoms with E-state index in [2.05, 4.69) is 10.2 Å². The number of aromatic nitrogens is 2. The predicted octanol–water partition coefficient (Wildman–Crippen LogP) is 2.46. The van der Waals surface area contributed by atoms with Gasteiger partial charge in [0.25, 0.3) is 5.22 Å². The molecular weight excluding hydrogens is 296 g/mol. The van der Waals surface area contributed by atoms with Crippen molar-refractivity contribution in [1.29, 1.82) is 0 Å². The van der Waals surface area contributed by atoms with Crippen LogP contribution in [0.15, 0.2) is 9.64 Å². The molecule has 0 amide bonds. The van der Waals surface area contributed by atoms with Crippen LogP contribution >= 0.6 is 11.8 Å². The van der Waals surface area contributed by atoms with Crippen LogP contribution in [0.4, 0.5) is 0 Å². The molecule has 0 atom stereocenters. The number of hydrogen-bond acceptors (Lipinski definition) is 8. The van der Waals surface area contributed by atoms with Crippen molar-refractivity contribution in [3.63, 3.8) is 0 Å². The van der Waals surface area contributed by atoms with Crippen LogP contribution in [0.5, 0.6) is 0 Å². The number of nitrogens with zero attached hydrogens (tertiary/aromatic N) is 2. The van der Waals surface area contributed by atoms with Crippen LogP contribution in [-0.2, 0) is 14.3 Å². The molecule has 7 nitrogen and oxygen atoms in total. The Morgan fingerprint density at radius 2 is 1.86 bits per heavy atom. The summed E-state index contributed by atoms with van der Waals surface area (Å²) < 4.78 is 14.8. The average Bonchev–Trinajstić information content (AvgIpc) is 2.92. The van der Waals surface area contributed by atoms with E-state index in [1.165, 1.54) is 11.8 Å². The fourth-order valence-corrected chi connectivity index (χ4v) is 2.24. The SMILES string of the molecule is CCOC(=O)CCCCCSc1nnc(C(=O)OCC)o1. The quantitative estimate of drug-likeness (QED) is 0.369. The zero-order valence-electron chi connectivity index (χ0n) is 12.3. The van der Waals surface area contributed by atoms with Crippen LogP contribution in [0.2, 0.25) is 0 Å². The molecule has 1 rings (SSSR count). The van der Waals surface area contributed by atoms with Gasteiger partial charge < -0.3 is 13.9 Å². The monoisotopic (exact) mass is 316 g/mol. The molecule has 0 N–H and O–H groups in total. The van der Waals surface area contributed by atoms with E-state index < -0.39 is 5.97 Å². The minimum Gasteiger partial charge on any atom is -0.466 e. The summed E-state index contributed by atoms with van der Waals surface area (Å²) >= 11 is 1.38. The van der Waals surface area contributed by atoms with Gasteiger partial charge in [0.1, 0.15) is 0 Å². The molecular formula is C13H20N2O5S. The van der Waals surface area contributed by atoms with Crippen molar-refractivity contribution in [3.8, 4) is 0 Å². The second-order valence-electron chi connectivity index (χ2n) is 4.06. The number of carbonyl (C=O) groups excluding carboxylic acids is 2. The first-order valence-corrected chi connectivity index (χ1v) is 7.95. The van der Waals surface area contributed by atoms with E-state index in [1.807, 2.05) is 0 Å². The Hall–Kier alpha value is -1.57. The third kappa shape index (κ3) is 7.12. The van der Waals surface area contributed by atoms with Crippen molar-refractivity contribution in [2.45, 2.75) is 44.8 Å². The van der Waals surface area contributed by atoms with Gasteiger partial charge in [-0.05, 0) is 26.7 Å². The number of thioether (sulfide) groups is 1. The van der Waals surface area contributed by atoms with Crippen molar-refractivity contribution in [2.75, 3.05) is 19.0 Å². The summed E-state index contributed by atoms with van der Waals surface area (Å²) in [7, 11) is 0. The highest BCUT2D eigenvalue weighted by molar-refractivity contribution is 7.99. The molecule has 0 fully saturated rings. The molecule has 0 bridgehead atoms. The lowest BCUT2D eigenvalue weighted by molar-refractivity contribution is -0.143. The third-order valence-corrected chi connectivity index (χ3v) is 3.32. The average molecular weight is 316 g/mol. The predicted molar refractivity (Wildman–Crippen MR) is 76.1 cm³/mol. The maximum absolute atomic E-state index is 11.3. The van der Waals surface area contributed by atoms with E-state index in [0.29, 0.717) is 18.3 Å². The highest BCUT2D eigenvalue weighted by Crippen LogP contribution is 2.18. The molecule has 0 aliphatic carbocycles. The minimum atomic E-state index is -0.605. The normalized spacial score (nSPS) is 10.4. The number of unbranched alkanes of at least 4 members (excludes halogenated alkanes) is 2. The van der Waals surface area contributed by atoms with Crippen molar-refractivity contribution in [3.05, 3.63) is 5.89 Å². The molecule has 0 spiro atoms. The Morgan fingerprint density at radius 1 is 1.10 bits per heavy atom. The van der Waals surface area contributed by atoms with Crippen LogP contribution in [0.25, 0.3) is 0 Å². The van der Waals surface area contributed by atoms with Crippen molar-refractivity contribution in [2.24, 2.45) is 0 Å². The van der Waals surface area contributed by atoms with E-state index in [0.717, 1.165) is 25.0 Å². The topological polar surface area (TPSA) is 91.5 Å². The maximum Gasteiger partial charge on any atom is 0.396 e. The van der Waals surface area contributed by atoms with Gasteiger partial charge >= 0.3 is 17.8 Å². The summed E-state index contributed by atoms with van der Waals surface area (Å²) in [5.41, 5.74) is 0. The Morgan fingerprint density at radius 3 is 2.57 bits per heavy atom. The van der Waals surface area contributed by atoms with Crippen molar-refractivity contribution < 1.29 is 23.5 Å². The van der Waals surface area contributed by atoms with Gasteiger partial charge in [-0.2, -0.15) is 0 Å². The molecule has 1 aromatic rings. The Kier molecular flexibility index (Phi) is 8.49. The summed E-state index contributed by atoms with van der Waals surface area (Å²) in [6.45, 7) is 4.20. The van der Waals surface area contributed by atoms with Crippen LogP contribution in [-0.4, -0.2) is 41.1 Å². The van der Waals surface area contributed by atoms with Gasteiger partial charge in [0, 0.05) is 12.2 Å². The molecule has 0 unspecified atom stereocenters. The lowest BCUT2D eigenvalue weighted by atomic mass is 10.2. The van der Waals surface area contributed by atoms with Crippen LogP contribution in [0.1, 0.15) is 50.2 Å². The smallest absolute Gasteiger partial charge is 0.396 e. The van der Waals surface area contributed by atoms with Crippen molar-refractivity contribution >= 4 is 23.7 Å². The summed E-state index contributed by atoms with van der Waals surface area (Å²) in [5.74, 6) is -0.0955. The third-order valence-electron chi connectivity index (χ3n) is 2.41. The Balaban J connectivity index is 2.13. The van der Waals surface area contributed by atoms with E-state index >= 15 is 0 Å². The van der Waals surface area contributed by atoms with E-state index in [9.17, 15) is 9.59 Å². The summed E-state index contributed by atoms with van der Waals surface area (Å²) in [6, 6.07) is 0. The molecule has 0 saturated carbocycles. The molecule has 0 saturated heterocycles. The largest absolute Gasteiger partial charge is 0.466 e. The summed E-state index contributed by atoms with van der Waals surface area (Å²) in [5, 5.41) is 7.73. The zero-order chi connectivity index (χ0) is 15.5. The molecule has 8 heteroatoms. The maximum atomic E-state index is 11.3. The number of hydrogen-bond donors (Lipinski definition) is 0. The molecule has 118 valence electrons. The van der Waals surface area contributed by atoms with Gasteiger partial charge in [-0.15, -0.1) is 5.10 Å². The fraction of sp³-hybridized carbons (Fsp3) is 0.692. The zero-order valence-corrected chi connectivity index (χ0v) is 13.1. The van der Waals surface area contributed by atoms with E-state index in [-0.39, 0.29) is 18.5 Å². The molecule has 1 heterocycles. The second-order valence-corrected chi connectivity index (χ2v) is 5.10. The summed E-state index contributed by atoms with van der Waals surface area (Å²) in [4.78, 5) is 22.4. The van der Waals surface area contributed by atoms with Crippen molar-refractivity contribution in [1.82, 2.24) is 10.2 Å². The Bertz CT molecular complexity index is 450. The molecule has 0 aromatic carbocycles. The lowest BCUT2D eigenvalue weighted by Crippen LogP contribution is -2.04. The standard InChI is InChI=1S/C13H20N2O5S/c1-3-18-10(16)8-6-5-7-9-21-13-15-14-11(20-13)12(17)19-4-2/h3-9H2,1-2H3. The first kappa shape index (κ1) is 17.5. The first-order valence-electron chi connectivity index (χ1n) is 6.96. The lowest BCUT2D eigenvalue weighted by Gasteiger charge is -2.01. The number of esters is 2. The van der Waals surface area contributed by atoms with Gasteiger partial charge in [0.15, 0.2) is 0 Å². The number of ether oxygens (including phenoxy) is 2. The molecule has 0 radical (unpaired) electrons.